The first-order valence-electron chi connectivity index (χ1n) is 12.3. The maximum Gasteiger partial charge on any atom is 0.217 e. The van der Waals surface area contributed by atoms with Gasteiger partial charge in [-0.15, -0.1) is 5.10 Å². The SMILES string of the molecule is CC(=O)NCC1CC(c2ccc(N3CCN(/C(N)=N/N/N=C/Cc4ccccc4C)CC3)c(F)c2)=NO1. The molecule has 10 nitrogen and oxygen atoms in total. The molecule has 1 atom stereocenters. The molecule has 1 saturated heterocycles. The fourth-order valence-corrected chi connectivity index (χ4v) is 4.26. The van der Waals surface area contributed by atoms with Crippen molar-refractivity contribution in [2.45, 2.75) is 32.8 Å². The summed E-state index contributed by atoms with van der Waals surface area (Å²) in [5.74, 6) is -0.0962. The average Bonchev–Trinajstić information content (AvgIpc) is 3.37. The summed E-state index contributed by atoms with van der Waals surface area (Å²) in [7, 11) is 0. The lowest BCUT2D eigenvalue weighted by atomic mass is 10.0. The standard InChI is InChI=1S/C26H33FN8O2/c1-18-5-3-4-6-20(18)9-10-30-33-31-26(28)35-13-11-34(12-14-35)25-8-7-21(15-23(25)27)24-16-22(37-32-24)17-29-19(2)36/h3-8,10,15,22,33H,9,11-14,16-17H2,1-2H3,(H2,28,31)(H,29,36)/b30-10+. The molecule has 11 heteroatoms. The first-order valence-corrected chi connectivity index (χ1v) is 12.3. The van der Waals surface area contributed by atoms with E-state index < -0.39 is 0 Å². The molecule has 2 aromatic rings. The van der Waals surface area contributed by atoms with Gasteiger partial charge in [0.15, 0.2) is 0 Å². The quantitative estimate of drug-likeness (QED) is 0.285. The van der Waals surface area contributed by atoms with Gasteiger partial charge < -0.3 is 25.7 Å². The Morgan fingerprint density at radius 1 is 1.24 bits per heavy atom. The topological polar surface area (TPSA) is 120 Å². The number of piperazine rings is 1. The maximum atomic E-state index is 15.0. The molecule has 1 amide bonds. The second-order valence-electron chi connectivity index (χ2n) is 9.06. The number of carbonyl (C=O) groups is 1. The number of nitrogens with two attached hydrogens (primary N) is 1. The van der Waals surface area contributed by atoms with Crippen LogP contribution in [-0.2, 0) is 16.1 Å². The van der Waals surface area contributed by atoms with E-state index in [2.05, 4.69) is 45.3 Å². The van der Waals surface area contributed by atoms with Gasteiger partial charge in [-0.2, -0.15) is 10.6 Å². The summed E-state index contributed by atoms with van der Waals surface area (Å²) in [6.45, 7) is 6.31. The van der Waals surface area contributed by atoms with Crippen molar-refractivity contribution in [3.8, 4) is 0 Å². The van der Waals surface area contributed by atoms with E-state index in [9.17, 15) is 9.18 Å². The molecule has 0 spiro atoms. The third-order valence-corrected chi connectivity index (χ3v) is 6.42. The van der Waals surface area contributed by atoms with E-state index in [0.29, 0.717) is 68.5 Å². The highest BCUT2D eigenvalue weighted by molar-refractivity contribution is 6.01. The third-order valence-electron chi connectivity index (χ3n) is 6.42. The number of guanidine groups is 1. The van der Waals surface area contributed by atoms with Crippen LogP contribution >= 0.6 is 0 Å². The molecule has 2 aliphatic rings. The Hall–Kier alpha value is -4.15. The zero-order valence-corrected chi connectivity index (χ0v) is 21.2. The van der Waals surface area contributed by atoms with E-state index in [1.165, 1.54) is 24.1 Å². The van der Waals surface area contributed by atoms with E-state index in [1.54, 1.807) is 12.3 Å². The van der Waals surface area contributed by atoms with Gasteiger partial charge in [0.05, 0.1) is 17.9 Å². The molecule has 2 aromatic carbocycles. The van der Waals surface area contributed by atoms with Crippen LogP contribution in [0.15, 0.2) is 57.8 Å². The van der Waals surface area contributed by atoms with E-state index in [1.807, 2.05) is 28.0 Å². The zero-order valence-electron chi connectivity index (χ0n) is 21.2. The van der Waals surface area contributed by atoms with Gasteiger partial charge in [0.2, 0.25) is 11.9 Å². The molecule has 0 radical (unpaired) electrons. The number of hydrazone groups is 2. The molecule has 4 N–H and O–H groups in total. The smallest absolute Gasteiger partial charge is 0.217 e. The van der Waals surface area contributed by atoms with Gasteiger partial charge in [0.1, 0.15) is 11.9 Å². The Morgan fingerprint density at radius 2 is 2.03 bits per heavy atom. The molecule has 196 valence electrons. The highest BCUT2D eigenvalue weighted by atomic mass is 19.1. The van der Waals surface area contributed by atoms with E-state index in [-0.39, 0.29) is 17.8 Å². The summed E-state index contributed by atoms with van der Waals surface area (Å²) in [4.78, 5) is 20.4. The molecule has 4 rings (SSSR count). The Morgan fingerprint density at radius 3 is 2.76 bits per heavy atom. The number of nitrogens with zero attached hydrogens (tertiary/aromatic N) is 5. The number of oxime groups is 1. The summed E-state index contributed by atoms with van der Waals surface area (Å²) in [6, 6.07) is 13.3. The van der Waals surface area contributed by atoms with E-state index in [0.717, 1.165) is 0 Å². The van der Waals surface area contributed by atoms with Crippen LogP contribution in [0.4, 0.5) is 10.1 Å². The van der Waals surface area contributed by atoms with Crippen molar-refractivity contribution >= 4 is 29.5 Å². The van der Waals surface area contributed by atoms with Crippen molar-refractivity contribution in [1.82, 2.24) is 15.8 Å². The second kappa shape index (κ2) is 12.2. The third kappa shape index (κ3) is 6.96. The number of hydrogen-bond acceptors (Lipinski definition) is 7. The predicted octanol–water partition coefficient (Wildman–Crippen LogP) is 1.93. The minimum absolute atomic E-state index is 0.126. The van der Waals surface area contributed by atoms with Crippen LogP contribution in [0.2, 0.25) is 0 Å². The molecular weight excluding hydrogens is 475 g/mol. The number of halogens is 1. The van der Waals surface area contributed by atoms with Gasteiger partial charge in [0.25, 0.3) is 0 Å². The van der Waals surface area contributed by atoms with Gasteiger partial charge in [-0.3, -0.25) is 4.79 Å². The normalized spacial score (nSPS) is 18.1. The van der Waals surface area contributed by atoms with Gasteiger partial charge >= 0.3 is 0 Å². The number of carbonyl (C=O) groups excluding carboxylic acids is 1. The Labute approximate surface area is 216 Å². The molecule has 2 heterocycles. The number of nitrogens with one attached hydrogen (secondary N) is 2. The van der Waals surface area contributed by atoms with Crippen LogP contribution in [0.25, 0.3) is 0 Å². The fourth-order valence-electron chi connectivity index (χ4n) is 4.26. The number of benzene rings is 2. The molecule has 1 fully saturated rings. The Bertz CT molecular complexity index is 1190. The molecule has 37 heavy (non-hydrogen) atoms. The molecule has 0 saturated carbocycles. The molecular formula is C26H33FN8O2. The number of rotatable bonds is 8. The van der Waals surface area contributed by atoms with Crippen molar-refractivity contribution in [2.24, 2.45) is 21.1 Å². The molecule has 1 unspecified atom stereocenters. The van der Waals surface area contributed by atoms with Crippen LogP contribution in [0.1, 0.15) is 30.0 Å². The summed E-state index contributed by atoms with van der Waals surface area (Å²) in [6.07, 6.45) is 2.74. The summed E-state index contributed by atoms with van der Waals surface area (Å²) in [5, 5.41) is 15.0. The number of hydrogen-bond donors (Lipinski definition) is 3. The molecule has 0 aromatic heterocycles. The monoisotopic (exact) mass is 508 g/mol. The van der Waals surface area contributed by atoms with Crippen LogP contribution in [0.5, 0.6) is 0 Å². The lowest BCUT2D eigenvalue weighted by Crippen LogP contribution is -2.51. The number of amides is 1. The lowest BCUT2D eigenvalue weighted by molar-refractivity contribution is -0.119. The predicted molar refractivity (Wildman–Crippen MR) is 143 cm³/mol. The largest absolute Gasteiger partial charge is 0.390 e. The van der Waals surface area contributed by atoms with Crippen molar-refractivity contribution in [2.75, 3.05) is 37.6 Å². The number of anilines is 1. The molecule has 0 bridgehead atoms. The highest BCUT2D eigenvalue weighted by Crippen LogP contribution is 2.25. The van der Waals surface area contributed by atoms with E-state index >= 15 is 0 Å². The average molecular weight is 509 g/mol. The minimum Gasteiger partial charge on any atom is -0.390 e. The van der Waals surface area contributed by atoms with Crippen LogP contribution < -0.4 is 21.5 Å². The second-order valence-corrected chi connectivity index (χ2v) is 9.06. The van der Waals surface area contributed by atoms with Crippen LogP contribution in [0.3, 0.4) is 0 Å². The summed E-state index contributed by atoms with van der Waals surface area (Å²) in [5.41, 5.74) is 13.1. The van der Waals surface area contributed by atoms with Crippen LogP contribution in [0, 0.1) is 12.7 Å². The fraction of sp³-hybridized carbons (Fsp3) is 0.385. The maximum absolute atomic E-state index is 15.0. The lowest BCUT2D eigenvalue weighted by Gasteiger charge is -2.36. The molecule has 2 aliphatic heterocycles. The van der Waals surface area contributed by atoms with Crippen molar-refractivity contribution in [1.29, 1.82) is 0 Å². The van der Waals surface area contributed by atoms with Crippen LogP contribution in [-0.4, -0.2) is 67.5 Å². The van der Waals surface area contributed by atoms with Crippen molar-refractivity contribution < 1.29 is 14.0 Å². The van der Waals surface area contributed by atoms with Gasteiger partial charge in [-0.05, 0) is 30.2 Å². The Balaban J connectivity index is 1.25. The number of aryl methyl sites for hydroxylation is 1. The molecule has 0 aliphatic carbocycles. The first kappa shape index (κ1) is 25.9. The van der Waals surface area contributed by atoms with Crippen molar-refractivity contribution in [3.05, 3.63) is 65.0 Å². The van der Waals surface area contributed by atoms with Gasteiger partial charge in [-0.1, -0.05) is 35.5 Å². The minimum atomic E-state index is -0.315. The first-order chi connectivity index (χ1) is 17.9. The summed E-state index contributed by atoms with van der Waals surface area (Å²) < 4.78 is 15.0. The van der Waals surface area contributed by atoms with E-state index in [4.69, 9.17) is 10.6 Å². The van der Waals surface area contributed by atoms with Gasteiger partial charge in [-0.25, -0.2) is 4.39 Å². The van der Waals surface area contributed by atoms with Gasteiger partial charge in [0, 0.05) is 57.7 Å². The summed E-state index contributed by atoms with van der Waals surface area (Å²) >= 11 is 0. The van der Waals surface area contributed by atoms with Crippen molar-refractivity contribution in [3.63, 3.8) is 0 Å². The Kier molecular flexibility index (Phi) is 8.55. The zero-order chi connectivity index (χ0) is 26.2. The highest BCUT2D eigenvalue weighted by Gasteiger charge is 2.25.